The first-order valence-corrected chi connectivity index (χ1v) is 7.20. The molecule has 1 heterocycles. The number of carboxylic acid groups (broad SMARTS) is 1. The number of rotatable bonds is 5. The van der Waals surface area contributed by atoms with Gasteiger partial charge in [-0.2, -0.15) is 0 Å². The van der Waals surface area contributed by atoms with Crippen molar-refractivity contribution in [2.75, 3.05) is 6.54 Å². The second-order valence-electron chi connectivity index (χ2n) is 5.83. The third-order valence-corrected chi connectivity index (χ3v) is 3.71. The molecule has 1 fully saturated rings. The van der Waals surface area contributed by atoms with Crippen LogP contribution in [0.1, 0.15) is 32.8 Å². The van der Waals surface area contributed by atoms with Crippen molar-refractivity contribution in [3.05, 3.63) is 29.8 Å². The van der Waals surface area contributed by atoms with E-state index in [2.05, 4.69) is 0 Å². The summed E-state index contributed by atoms with van der Waals surface area (Å²) >= 11 is 0. The minimum absolute atomic E-state index is 0.142. The maximum atomic E-state index is 11.4. The average molecular weight is 277 g/mol. The van der Waals surface area contributed by atoms with Gasteiger partial charge < -0.3 is 9.84 Å². The van der Waals surface area contributed by atoms with E-state index in [1.54, 1.807) is 0 Å². The van der Waals surface area contributed by atoms with E-state index in [1.807, 2.05) is 49.9 Å². The highest BCUT2D eigenvalue weighted by atomic mass is 16.5. The Morgan fingerprint density at radius 1 is 1.50 bits per heavy atom. The second kappa shape index (κ2) is 6.27. The number of ether oxygens (including phenoxy) is 1. The molecule has 0 radical (unpaired) electrons. The van der Waals surface area contributed by atoms with Crippen molar-refractivity contribution in [2.24, 2.45) is 5.92 Å². The fourth-order valence-electron chi connectivity index (χ4n) is 2.83. The molecule has 1 aliphatic heterocycles. The van der Waals surface area contributed by atoms with Crippen LogP contribution in [-0.2, 0) is 11.3 Å². The Hall–Kier alpha value is -1.55. The van der Waals surface area contributed by atoms with Gasteiger partial charge in [0, 0.05) is 6.54 Å². The van der Waals surface area contributed by atoms with Crippen molar-refractivity contribution in [3.8, 4) is 5.75 Å². The lowest BCUT2D eigenvalue weighted by Gasteiger charge is -2.23. The third-order valence-electron chi connectivity index (χ3n) is 3.71. The molecule has 2 unspecified atom stereocenters. The largest absolute Gasteiger partial charge is 0.491 e. The summed E-state index contributed by atoms with van der Waals surface area (Å²) in [6.45, 7) is 7.51. The zero-order chi connectivity index (χ0) is 14.7. The molecule has 1 saturated heterocycles. The Bertz CT molecular complexity index is 473. The van der Waals surface area contributed by atoms with Gasteiger partial charge in [-0.25, -0.2) is 0 Å². The summed E-state index contributed by atoms with van der Waals surface area (Å²) < 4.78 is 5.68. The smallest absolute Gasteiger partial charge is 0.321 e. The molecule has 0 saturated carbocycles. The van der Waals surface area contributed by atoms with Gasteiger partial charge in [0.25, 0.3) is 0 Å². The fourth-order valence-corrected chi connectivity index (χ4v) is 2.83. The van der Waals surface area contributed by atoms with E-state index in [-0.39, 0.29) is 18.1 Å². The van der Waals surface area contributed by atoms with Gasteiger partial charge in [-0.15, -0.1) is 0 Å². The highest BCUT2D eigenvalue weighted by molar-refractivity contribution is 5.74. The van der Waals surface area contributed by atoms with E-state index in [0.717, 1.165) is 24.3 Å². The lowest BCUT2D eigenvalue weighted by molar-refractivity contribution is -0.143. The van der Waals surface area contributed by atoms with Gasteiger partial charge in [-0.1, -0.05) is 19.1 Å². The Balaban J connectivity index is 2.08. The average Bonchev–Trinajstić information content (AvgIpc) is 2.70. The third kappa shape index (κ3) is 3.51. The number of aliphatic carboxylic acids is 1. The van der Waals surface area contributed by atoms with Crippen LogP contribution in [0.2, 0.25) is 0 Å². The van der Waals surface area contributed by atoms with Gasteiger partial charge in [0.2, 0.25) is 0 Å². The van der Waals surface area contributed by atoms with Gasteiger partial charge in [-0.05, 0) is 50.4 Å². The maximum Gasteiger partial charge on any atom is 0.321 e. The molecular formula is C16H23NO3. The molecule has 0 bridgehead atoms. The minimum Gasteiger partial charge on any atom is -0.491 e. The fraction of sp³-hybridized carbons (Fsp3) is 0.562. The molecular weight excluding hydrogens is 254 g/mol. The molecule has 110 valence electrons. The van der Waals surface area contributed by atoms with Crippen LogP contribution in [0.15, 0.2) is 24.3 Å². The van der Waals surface area contributed by atoms with Crippen LogP contribution < -0.4 is 4.74 Å². The van der Waals surface area contributed by atoms with Crippen molar-refractivity contribution in [1.82, 2.24) is 4.90 Å². The molecule has 0 aliphatic carbocycles. The molecule has 0 aromatic heterocycles. The monoisotopic (exact) mass is 277 g/mol. The molecule has 0 spiro atoms. The summed E-state index contributed by atoms with van der Waals surface area (Å²) in [4.78, 5) is 13.4. The Kier molecular flexibility index (Phi) is 4.65. The van der Waals surface area contributed by atoms with Crippen LogP contribution in [0.3, 0.4) is 0 Å². The second-order valence-corrected chi connectivity index (χ2v) is 5.83. The number of carboxylic acids is 1. The molecule has 0 amide bonds. The topological polar surface area (TPSA) is 49.8 Å². The summed E-state index contributed by atoms with van der Waals surface area (Å²) in [6, 6.07) is 7.55. The first-order chi connectivity index (χ1) is 9.47. The number of hydrogen-bond acceptors (Lipinski definition) is 3. The summed E-state index contributed by atoms with van der Waals surface area (Å²) in [5.41, 5.74) is 1.10. The summed E-state index contributed by atoms with van der Waals surface area (Å²) in [5.74, 6) is 0.337. The van der Waals surface area contributed by atoms with Gasteiger partial charge >= 0.3 is 5.97 Å². The Morgan fingerprint density at radius 3 is 2.90 bits per heavy atom. The first-order valence-electron chi connectivity index (χ1n) is 7.20. The number of hydrogen-bond donors (Lipinski definition) is 1. The number of benzene rings is 1. The van der Waals surface area contributed by atoms with E-state index in [0.29, 0.717) is 6.54 Å². The molecule has 1 N–H and O–H groups in total. The van der Waals surface area contributed by atoms with E-state index < -0.39 is 5.97 Å². The van der Waals surface area contributed by atoms with Gasteiger partial charge in [0.05, 0.1) is 6.10 Å². The molecule has 2 atom stereocenters. The van der Waals surface area contributed by atoms with E-state index in [1.165, 1.54) is 0 Å². The van der Waals surface area contributed by atoms with Gasteiger partial charge in [0.1, 0.15) is 11.8 Å². The van der Waals surface area contributed by atoms with Crippen molar-refractivity contribution in [1.29, 1.82) is 0 Å². The SMILES string of the molecule is CC(C)Oc1cccc(CN2CCC(C)C2C(=O)O)c1. The quantitative estimate of drug-likeness (QED) is 0.899. The summed E-state index contributed by atoms with van der Waals surface area (Å²) in [5, 5.41) is 9.34. The first kappa shape index (κ1) is 14.9. The highest BCUT2D eigenvalue weighted by Gasteiger charge is 2.36. The number of nitrogens with zero attached hydrogens (tertiary/aromatic N) is 1. The van der Waals surface area contributed by atoms with Gasteiger partial charge in [0.15, 0.2) is 0 Å². The normalized spacial score (nSPS) is 23.2. The molecule has 4 nitrogen and oxygen atoms in total. The Labute approximate surface area is 120 Å². The van der Waals surface area contributed by atoms with Crippen molar-refractivity contribution >= 4 is 5.97 Å². The van der Waals surface area contributed by atoms with Crippen molar-refractivity contribution in [3.63, 3.8) is 0 Å². The summed E-state index contributed by atoms with van der Waals surface area (Å²) in [6.07, 6.45) is 1.09. The molecule has 1 aromatic carbocycles. The Morgan fingerprint density at radius 2 is 2.25 bits per heavy atom. The lowest BCUT2D eigenvalue weighted by Crippen LogP contribution is -2.38. The van der Waals surface area contributed by atoms with Crippen LogP contribution in [-0.4, -0.2) is 34.7 Å². The van der Waals surface area contributed by atoms with Crippen LogP contribution in [0, 0.1) is 5.92 Å². The molecule has 4 heteroatoms. The number of likely N-dealkylation sites (tertiary alicyclic amines) is 1. The summed E-state index contributed by atoms with van der Waals surface area (Å²) in [7, 11) is 0. The van der Waals surface area contributed by atoms with E-state index >= 15 is 0 Å². The van der Waals surface area contributed by atoms with Crippen molar-refractivity contribution < 1.29 is 14.6 Å². The minimum atomic E-state index is -0.718. The van der Waals surface area contributed by atoms with E-state index in [4.69, 9.17) is 4.74 Å². The molecule has 1 aliphatic rings. The van der Waals surface area contributed by atoms with Crippen molar-refractivity contribution in [2.45, 2.75) is 45.9 Å². The predicted molar refractivity (Wildman–Crippen MR) is 77.8 cm³/mol. The predicted octanol–water partition coefficient (Wildman–Crippen LogP) is 2.77. The maximum absolute atomic E-state index is 11.4. The van der Waals surface area contributed by atoms with Crippen LogP contribution in [0.4, 0.5) is 0 Å². The highest BCUT2D eigenvalue weighted by Crippen LogP contribution is 2.26. The van der Waals surface area contributed by atoms with Crippen LogP contribution >= 0.6 is 0 Å². The zero-order valence-electron chi connectivity index (χ0n) is 12.4. The number of carbonyl (C=O) groups is 1. The zero-order valence-corrected chi connectivity index (χ0v) is 12.4. The van der Waals surface area contributed by atoms with Crippen LogP contribution in [0.5, 0.6) is 5.75 Å². The molecule has 1 aromatic rings. The van der Waals surface area contributed by atoms with Gasteiger partial charge in [-0.3, -0.25) is 9.69 Å². The molecule has 20 heavy (non-hydrogen) atoms. The standard InChI is InChI=1S/C16H23NO3/c1-11(2)20-14-6-4-5-13(9-14)10-17-8-7-12(3)15(17)16(18)19/h4-6,9,11-12,15H,7-8,10H2,1-3H3,(H,18,19). The lowest BCUT2D eigenvalue weighted by atomic mass is 10.0. The van der Waals surface area contributed by atoms with E-state index in [9.17, 15) is 9.90 Å². The molecule has 2 rings (SSSR count). The van der Waals surface area contributed by atoms with Crippen LogP contribution in [0.25, 0.3) is 0 Å².